The number of ether oxygens (including phenoxy) is 3. The molecule has 0 aromatic rings. The summed E-state index contributed by atoms with van der Waals surface area (Å²) in [4.78, 5) is 37.1. The normalized spacial score (nSPS) is 13.0. The summed E-state index contributed by atoms with van der Waals surface area (Å²) in [6, 6.07) is -0.725. The van der Waals surface area contributed by atoms with Gasteiger partial charge in [0.15, 0.2) is 6.10 Å². The Morgan fingerprint density at radius 1 is 0.476 bits per heavy atom. The Hall–Kier alpha value is -2.19. The summed E-state index contributed by atoms with van der Waals surface area (Å²) in [5, 5.41) is 11.7. The summed E-state index contributed by atoms with van der Waals surface area (Å²) >= 11 is 0. The van der Waals surface area contributed by atoms with Gasteiger partial charge in [-0.1, -0.05) is 218 Å². The third kappa shape index (κ3) is 44.8. The Bertz CT molecular complexity index is 1080. The van der Waals surface area contributed by atoms with E-state index < -0.39 is 18.1 Å². The van der Waals surface area contributed by atoms with Crippen molar-refractivity contribution in [2.24, 2.45) is 0 Å². The van der Waals surface area contributed by atoms with Gasteiger partial charge in [-0.2, -0.15) is 0 Å². The van der Waals surface area contributed by atoms with Crippen LogP contribution in [0.2, 0.25) is 0 Å². The summed E-state index contributed by atoms with van der Waals surface area (Å²) in [5.41, 5.74) is 0. The molecule has 0 N–H and O–H groups in total. The fourth-order valence-electron chi connectivity index (χ4n) is 8.16. The number of carboxylic acids is 1. The van der Waals surface area contributed by atoms with Crippen LogP contribution in [-0.4, -0.2) is 75.5 Å². The maximum absolute atomic E-state index is 12.8. The van der Waals surface area contributed by atoms with Gasteiger partial charge >= 0.3 is 11.9 Å². The minimum atomic E-state index is -1.12. The maximum atomic E-state index is 12.8. The van der Waals surface area contributed by atoms with Crippen molar-refractivity contribution in [1.29, 1.82) is 0 Å². The fraction of sp³-hybridized carbons (Fsp3) is 0.873. The second-order valence-electron chi connectivity index (χ2n) is 19.5. The number of quaternary nitrogens is 1. The molecule has 0 bridgehead atoms. The zero-order chi connectivity index (χ0) is 46.3. The van der Waals surface area contributed by atoms with Crippen LogP contribution in [0.15, 0.2) is 24.3 Å². The van der Waals surface area contributed by atoms with E-state index in [2.05, 4.69) is 38.2 Å². The van der Waals surface area contributed by atoms with Crippen molar-refractivity contribution in [3.8, 4) is 0 Å². The van der Waals surface area contributed by atoms with Crippen molar-refractivity contribution < 1.29 is 38.2 Å². The van der Waals surface area contributed by atoms with Crippen LogP contribution in [0.3, 0.4) is 0 Å². The van der Waals surface area contributed by atoms with Gasteiger partial charge in [-0.3, -0.25) is 9.59 Å². The third-order valence-electron chi connectivity index (χ3n) is 12.3. The molecule has 2 unspecified atom stereocenters. The Kier molecular flexibility index (Phi) is 44.7. The zero-order valence-electron chi connectivity index (χ0n) is 42.3. The molecule has 0 heterocycles. The van der Waals surface area contributed by atoms with Crippen molar-refractivity contribution in [1.82, 2.24) is 0 Å². The Morgan fingerprint density at radius 3 is 1.25 bits per heavy atom. The maximum Gasteiger partial charge on any atom is 0.306 e. The number of aliphatic carboxylic acids is 1. The smallest absolute Gasteiger partial charge is 0.306 e. The first-order valence-electron chi connectivity index (χ1n) is 26.9. The van der Waals surface area contributed by atoms with Crippen molar-refractivity contribution in [2.75, 3.05) is 41.0 Å². The average molecular weight is 890 g/mol. The van der Waals surface area contributed by atoms with Crippen LogP contribution in [0.5, 0.6) is 0 Å². The van der Waals surface area contributed by atoms with Crippen LogP contribution < -0.4 is 5.11 Å². The van der Waals surface area contributed by atoms with Gasteiger partial charge in [-0.05, 0) is 44.9 Å². The number of esters is 2. The number of hydrogen-bond acceptors (Lipinski definition) is 7. The molecule has 370 valence electrons. The molecule has 8 nitrogen and oxygen atoms in total. The number of allylic oxidation sites excluding steroid dienone is 4. The molecule has 0 saturated heterocycles. The van der Waals surface area contributed by atoms with E-state index in [1.54, 1.807) is 0 Å². The predicted molar refractivity (Wildman–Crippen MR) is 264 cm³/mol. The predicted octanol–water partition coefficient (Wildman–Crippen LogP) is 14.3. The average Bonchev–Trinajstić information content (AvgIpc) is 3.24. The van der Waals surface area contributed by atoms with Crippen LogP contribution in [-0.2, 0) is 28.6 Å². The number of nitrogens with zero attached hydrogens (tertiary/aromatic N) is 1. The van der Waals surface area contributed by atoms with Gasteiger partial charge in [0, 0.05) is 19.3 Å². The number of likely N-dealkylation sites (N-methyl/N-ethyl adjacent to an activating group) is 1. The highest BCUT2D eigenvalue weighted by Crippen LogP contribution is 2.17. The second-order valence-corrected chi connectivity index (χ2v) is 19.5. The van der Waals surface area contributed by atoms with Gasteiger partial charge in [0.1, 0.15) is 12.6 Å². The first-order chi connectivity index (χ1) is 30.6. The minimum Gasteiger partial charge on any atom is -0.544 e. The molecule has 0 aromatic carbocycles. The van der Waals surface area contributed by atoms with E-state index in [-0.39, 0.29) is 42.7 Å². The number of rotatable bonds is 49. The molecule has 0 rings (SSSR count). The van der Waals surface area contributed by atoms with E-state index in [9.17, 15) is 19.5 Å². The van der Waals surface area contributed by atoms with E-state index in [1.807, 2.05) is 21.1 Å². The van der Waals surface area contributed by atoms with E-state index in [0.717, 1.165) is 51.4 Å². The molecule has 8 heteroatoms. The molecule has 0 amide bonds. The Morgan fingerprint density at radius 2 is 0.841 bits per heavy atom. The topological polar surface area (TPSA) is 102 Å². The second kappa shape index (κ2) is 46.3. The lowest BCUT2D eigenvalue weighted by Gasteiger charge is -2.34. The molecule has 0 spiro atoms. The molecule has 2 atom stereocenters. The lowest BCUT2D eigenvalue weighted by Crippen LogP contribution is -2.55. The summed E-state index contributed by atoms with van der Waals surface area (Å²) in [6.07, 6.45) is 53.5. The van der Waals surface area contributed by atoms with Crippen molar-refractivity contribution in [3.05, 3.63) is 24.3 Å². The molecule has 63 heavy (non-hydrogen) atoms. The summed E-state index contributed by atoms with van der Waals surface area (Å²) in [6.45, 7) is 4.68. The third-order valence-corrected chi connectivity index (χ3v) is 12.3. The van der Waals surface area contributed by atoms with Crippen molar-refractivity contribution >= 4 is 17.9 Å². The number of carboxylic acid groups (broad SMARTS) is 1. The van der Waals surface area contributed by atoms with Gasteiger partial charge in [0.2, 0.25) is 0 Å². The van der Waals surface area contributed by atoms with Crippen LogP contribution in [0.4, 0.5) is 0 Å². The highest BCUT2D eigenvalue weighted by Gasteiger charge is 2.25. The molecule has 0 fully saturated rings. The van der Waals surface area contributed by atoms with Crippen LogP contribution in [0, 0.1) is 0 Å². The molecular formula is C55H103NO7. The van der Waals surface area contributed by atoms with Gasteiger partial charge in [-0.15, -0.1) is 0 Å². The molecule has 0 aliphatic rings. The van der Waals surface area contributed by atoms with Gasteiger partial charge in [-0.25, -0.2) is 0 Å². The lowest BCUT2D eigenvalue weighted by atomic mass is 10.0. The monoisotopic (exact) mass is 890 g/mol. The van der Waals surface area contributed by atoms with Crippen LogP contribution in [0.1, 0.15) is 258 Å². The Balaban J connectivity index is 4.18. The lowest BCUT2D eigenvalue weighted by molar-refractivity contribution is -0.889. The molecule has 0 saturated carbocycles. The highest BCUT2D eigenvalue weighted by molar-refractivity contribution is 5.70. The minimum absolute atomic E-state index is 0.0429. The van der Waals surface area contributed by atoms with Gasteiger partial charge in [0.25, 0.3) is 0 Å². The van der Waals surface area contributed by atoms with E-state index in [4.69, 9.17) is 14.2 Å². The quantitative estimate of drug-likeness (QED) is 0.0259. The number of carbonyl (C=O) groups excluding carboxylic acids is 3. The standard InChI is InChI=1S/C55H103NO7/c1-6-8-10-12-14-16-18-20-22-24-25-26-27-28-30-32-34-36-38-40-42-44-46-54(58)63-51(49-61-48-47-52(55(59)60)56(3,4)5)50-62-53(57)45-43-41-39-37-35-33-31-29-23-21-19-17-15-13-11-9-7-2/h15,17,21,23,51-52H,6-14,16,18-20,22,24-50H2,1-5H3/b17-15+,23-21+. The SMILES string of the molecule is CCCCC/C=C/C/C=C/CCCCCCCCCC(=O)OCC(COCCC(C(=O)[O-])[N+](C)(C)C)OC(=O)CCCCCCCCCCCCCCCCCCCCCCCC. The summed E-state index contributed by atoms with van der Waals surface area (Å²) in [5.74, 6) is -1.73. The van der Waals surface area contributed by atoms with Gasteiger partial charge < -0.3 is 28.6 Å². The van der Waals surface area contributed by atoms with E-state index in [0.29, 0.717) is 12.8 Å². The van der Waals surface area contributed by atoms with Crippen LogP contribution in [0.25, 0.3) is 0 Å². The van der Waals surface area contributed by atoms with Crippen molar-refractivity contribution in [3.63, 3.8) is 0 Å². The molecular weight excluding hydrogens is 787 g/mol. The number of hydrogen-bond donors (Lipinski definition) is 0. The number of unbranched alkanes of at least 4 members (excludes halogenated alkanes) is 31. The van der Waals surface area contributed by atoms with Crippen LogP contribution >= 0.6 is 0 Å². The zero-order valence-corrected chi connectivity index (χ0v) is 42.3. The van der Waals surface area contributed by atoms with E-state index in [1.165, 1.54) is 173 Å². The molecule has 0 aliphatic heterocycles. The number of carbonyl (C=O) groups is 3. The first-order valence-corrected chi connectivity index (χ1v) is 26.9. The van der Waals surface area contributed by atoms with Gasteiger partial charge in [0.05, 0.1) is 40.3 Å². The highest BCUT2D eigenvalue weighted by atomic mass is 16.6. The molecule has 0 aromatic heterocycles. The summed E-state index contributed by atoms with van der Waals surface area (Å²) in [7, 11) is 5.42. The Labute approximate surface area is 390 Å². The largest absolute Gasteiger partial charge is 0.544 e. The fourth-order valence-corrected chi connectivity index (χ4v) is 8.16. The molecule has 0 aliphatic carbocycles. The van der Waals surface area contributed by atoms with Crippen molar-refractivity contribution in [2.45, 2.75) is 270 Å². The molecule has 0 radical (unpaired) electrons. The van der Waals surface area contributed by atoms with E-state index >= 15 is 0 Å². The first kappa shape index (κ1) is 60.8. The summed E-state index contributed by atoms with van der Waals surface area (Å²) < 4.78 is 17.3.